The minimum Gasteiger partial charge on any atom is -0.492 e. The zero-order valence-electron chi connectivity index (χ0n) is 9.61. The number of nitrogens with zero attached hydrogens (tertiary/aromatic N) is 2. The molecule has 1 fully saturated rings. The van der Waals surface area contributed by atoms with E-state index in [0.29, 0.717) is 18.9 Å². The maximum Gasteiger partial charge on any atom is 0.230 e. The molecule has 5 nitrogen and oxygen atoms in total. The third-order valence-corrected chi connectivity index (χ3v) is 2.70. The molecule has 18 heavy (non-hydrogen) atoms. The van der Waals surface area contributed by atoms with Crippen LogP contribution in [0.1, 0.15) is 11.9 Å². The number of ether oxygens (including phenoxy) is 2. The molecule has 0 aliphatic carbocycles. The normalized spacial score (nSPS) is 16.0. The Bertz CT molecular complexity index is 553. The van der Waals surface area contributed by atoms with E-state index >= 15 is 0 Å². The van der Waals surface area contributed by atoms with Gasteiger partial charge in [0.2, 0.25) is 5.88 Å². The van der Waals surface area contributed by atoms with Gasteiger partial charge in [0.15, 0.2) is 6.29 Å². The summed E-state index contributed by atoms with van der Waals surface area (Å²) in [5.74, 6) is -0.0914. The first kappa shape index (κ1) is 11.1. The Balaban J connectivity index is 1.95. The molecule has 0 unspecified atom stereocenters. The monoisotopic (exact) mass is 244 g/mol. The summed E-state index contributed by atoms with van der Waals surface area (Å²) in [5, 5.41) is 9.33. The molecule has 1 N–H and O–H groups in total. The van der Waals surface area contributed by atoms with Crippen LogP contribution in [0.25, 0.3) is 11.3 Å². The largest absolute Gasteiger partial charge is 0.492 e. The van der Waals surface area contributed by atoms with Gasteiger partial charge in [-0.3, -0.25) is 4.98 Å². The number of benzene rings is 1. The van der Waals surface area contributed by atoms with Crippen LogP contribution in [-0.2, 0) is 9.47 Å². The van der Waals surface area contributed by atoms with Crippen LogP contribution in [0.4, 0.5) is 0 Å². The second-order valence-electron chi connectivity index (χ2n) is 3.96. The molecule has 3 rings (SSSR count). The molecule has 92 valence electrons. The summed E-state index contributed by atoms with van der Waals surface area (Å²) in [6.45, 7) is 1.22. The van der Waals surface area contributed by atoms with E-state index < -0.39 is 0 Å². The van der Waals surface area contributed by atoms with Crippen molar-refractivity contribution in [3.63, 3.8) is 0 Å². The summed E-state index contributed by atoms with van der Waals surface area (Å²) in [5.41, 5.74) is 2.43. The average molecular weight is 244 g/mol. The molecule has 0 spiro atoms. The van der Waals surface area contributed by atoms with Crippen LogP contribution in [0, 0.1) is 0 Å². The topological polar surface area (TPSA) is 64.5 Å². The summed E-state index contributed by atoms with van der Waals surface area (Å²) >= 11 is 0. The molecular formula is C13H12N2O3. The Morgan fingerprint density at radius 1 is 1.17 bits per heavy atom. The Labute approximate surface area is 104 Å². The molecule has 1 aromatic carbocycles. The van der Waals surface area contributed by atoms with Crippen molar-refractivity contribution in [2.45, 2.75) is 6.29 Å². The Kier molecular flexibility index (Phi) is 2.92. The second-order valence-corrected chi connectivity index (χ2v) is 3.96. The minimum absolute atomic E-state index is 0.0914. The van der Waals surface area contributed by atoms with Crippen LogP contribution in [-0.4, -0.2) is 28.3 Å². The van der Waals surface area contributed by atoms with Gasteiger partial charge in [-0.25, -0.2) is 4.98 Å². The van der Waals surface area contributed by atoms with E-state index in [1.54, 1.807) is 6.20 Å². The van der Waals surface area contributed by atoms with Gasteiger partial charge in [-0.15, -0.1) is 0 Å². The van der Waals surface area contributed by atoms with Crippen LogP contribution in [0.2, 0.25) is 0 Å². The number of hydrogen-bond acceptors (Lipinski definition) is 5. The average Bonchev–Trinajstić information content (AvgIpc) is 2.93. The van der Waals surface area contributed by atoms with Crippen molar-refractivity contribution in [1.29, 1.82) is 0 Å². The fourth-order valence-electron chi connectivity index (χ4n) is 1.89. The Morgan fingerprint density at radius 2 is 2.00 bits per heavy atom. The molecule has 2 aromatic rings. The van der Waals surface area contributed by atoms with Crippen molar-refractivity contribution in [2.75, 3.05) is 13.2 Å². The number of rotatable bonds is 2. The van der Waals surface area contributed by atoms with Gasteiger partial charge in [-0.05, 0) is 6.07 Å². The predicted molar refractivity (Wildman–Crippen MR) is 63.8 cm³/mol. The first-order chi connectivity index (χ1) is 8.83. The van der Waals surface area contributed by atoms with E-state index in [-0.39, 0.29) is 12.2 Å². The molecule has 0 bridgehead atoms. The molecule has 0 radical (unpaired) electrons. The molecule has 2 heterocycles. The van der Waals surface area contributed by atoms with Crippen molar-refractivity contribution in [3.8, 4) is 17.1 Å². The number of aromatic nitrogens is 2. The van der Waals surface area contributed by atoms with E-state index in [9.17, 15) is 5.11 Å². The van der Waals surface area contributed by atoms with Gasteiger partial charge >= 0.3 is 0 Å². The van der Waals surface area contributed by atoms with Crippen LogP contribution >= 0.6 is 0 Å². The van der Waals surface area contributed by atoms with Gasteiger partial charge in [0.05, 0.1) is 31.3 Å². The van der Waals surface area contributed by atoms with E-state index in [2.05, 4.69) is 9.97 Å². The van der Waals surface area contributed by atoms with Crippen LogP contribution < -0.4 is 0 Å². The highest BCUT2D eigenvalue weighted by molar-refractivity contribution is 5.59. The third kappa shape index (κ3) is 2.18. The van der Waals surface area contributed by atoms with Gasteiger partial charge in [0, 0.05) is 11.1 Å². The molecule has 1 aromatic heterocycles. The molecule has 0 amide bonds. The standard InChI is InChI=1S/C13H12N2O3/c16-12-8-14-7-11(15-12)9-2-1-3-10(6-9)13-17-4-5-18-13/h1-3,6-8,13H,4-5H2,(H,15,16). The van der Waals surface area contributed by atoms with Gasteiger partial charge < -0.3 is 14.6 Å². The lowest BCUT2D eigenvalue weighted by molar-refractivity contribution is -0.0440. The smallest absolute Gasteiger partial charge is 0.230 e. The van der Waals surface area contributed by atoms with Gasteiger partial charge in [0.25, 0.3) is 0 Å². The molecule has 5 heteroatoms. The molecular weight excluding hydrogens is 232 g/mol. The number of aromatic hydroxyl groups is 1. The van der Waals surface area contributed by atoms with Crippen LogP contribution in [0.5, 0.6) is 5.88 Å². The second kappa shape index (κ2) is 4.72. The fourth-order valence-corrected chi connectivity index (χ4v) is 1.89. The van der Waals surface area contributed by atoms with Crippen molar-refractivity contribution >= 4 is 0 Å². The fraction of sp³-hybridized carbons (Fsp3) is 0.231. The SMILES string of the molecule is Oc1cncc(-c2cccc(C3OCCO3)c2)n1. The molecule has 1 aliphatic rings. The zero-order valence-corrected chi connectivity index (χ0v) is 9.61. The maximum absolute atomic E-state index is 9.33. The highest BCUT2D eigenvalue weighted by Crippen LogP contribution is 2.27. The van der Waals surface area contributed by atoms with Crippen molar-refractivity contribution in [3.05, 3.63) is 42.2 Å². The van der Waals surface area contributed by atoms with Gasteiger partial charge in [-0.2, -0.15) is 0 Å². The lowest BCUT2D eigenvalue weighted by atomic mass is 10.1. The highest BCUT2D eigenvalue weighted by Gasteiger charge is 2.18. The van der Waals surface area contributed by atoms with E-state index in [0.717, 1.165) is 11.1 Å². The van der Waals surface area contributed by atoms with Crippen molar-refractivity contribution in [1.82, 2.24) is 9.97 Å². The van der Waals surface area contributed by atoms with Crippen molar-refractivity contribution in [2.24, 2.45) is 0 Å². The first-order valence-corrected chi connectivity index (χ1v) is 5.67. The summed E-state index contributed by atoms with van der Waals surface area (Å²) in [4.78, 5) is 7.94. The van der Waals surface area contributed by atoms with Crippen LogP contribution in [0.15, 0.2) is 36.7 Å². The molecule has 1 saturated heterocycles. The van der Waals surface area contributed by atoms with E-state index in [1.807, 2.05) is 24.3 Å². The summed E-state index contributed by atoms with van der Waals surface area (Å²) < 4.78 is 10.9. The quantitative estimate of drug-likeness (QED) is 0.874. The van der Waals surface area contributed by atoms with E-state index in [4.69, 9.17) is 9.47 Å². The molecule has 0 atom stereocenters. The first-order valence-electron chi connectivity index (χ1n) is 5.67. The van der Waals surface area contributed by atoms with Crippen LogP contribution in [0.3, 0.4) is 0 Å². The third-order valence-electron chi connectivity index (χ3n) is 2.70. The summed E-state index contributed by atoms with van der Waals surface area (Å²) in [7, 11) is 0. The maximum atomic E-state index is 9.33. The highest BCUT2D eigenvalue weighted by atomic mass is 16.7. The molecule has 0 saturated carbocycles. The Hall–Kier alpha value is -1.98. The van der Waals surface area contributed by atoms with Crippen molar-refractivity contribution < 1.29 is 14.6 Å². The van der Waals surface area contributed by atoms with Gasteiger partial charge in [0.1, 0.15) is 0 Å². The molecule has 1 aliphatic heterocycles. The minimum atomic E-state index is -0.310. The predicted octanol–water partition coefficient (Wildman–Crippen LogP) is 1.89. The van der Waals surface area contributed by atoms with Gasteiger partial charge in [-0.1, -0.05) is 18.2 Å². The summed E-state index contributed by atoms with van der Waals surface area (Å²) in [6.07, 6.45) is 2.60. The lowest BCUT2D eigenvalue weighted by Crippen LogP contribution is -1.98. The van der Waals surface area contributed by atoms with E-state index in [1.165, 1.54) is 6.20 Å². The summed E-state index contributed by atoms with van der Waals surface area (Å²) in [6, 6.07) is 7.68. The number of hydrogen-bond donors (Lipinski definition) is 1. The Morgan fingerprint density at radius 3 is 2.78 bits per heavy atom. The lowest BCUT2D eigenvalue weighted by Gasteiger charge is -2.10. The zero-order chi connectivity index (χ0) is 12.4.